The average molecular weight is 313 g/mol. The van der Waals surface area contributed by atoms with Crippen molar-refractivity contribution in [1.29, 1.82) is 0 Å². The van der Waals surface area contributed by atoms with Crippen LogP contribution in [0.25, 0.3) is 0 Å². The molecule has 0 radical (unpaired) electrons. The summed E-state index contributed by atoms with van der Waals surface area (Å²) in [6, 6.07) is 5.02. The van der Waals surface area contributed by atoms with Crippen molar-refractivity contribution in [2.45, 2.75) is 18.4 Å². The van der Waals surface area contributed by atoms with Gasteiger partial charge in [0.2, 0.25) is 0 Å². The highest BCUT2D eigenvalue weighted by atomic mass is 79.9. The molecule has 0 unspecified atom stereocenters. The summed E-state index contributed by atoms with van der Waals surface area (Å²) >= 11 is 3.24. The molecule has 3 rings (SSSR count). The number of nitrogens with zero attached hydrogens (tertiary/aromatic N) is 2. The minimum absolute atomic E-state index is 0.0854. The first-order valence-electron chi connectivity index (χ1n) is 5.91. The lowest BCUT2D eigenvalue weighted by Gasteiger charge is -2.48. The maximum Gasteiger partial charge on any atom is 0.293 e. The number of rotatable bonds is 3. The van der Waals surface area contributed by atoms with Gasteiger partial charge in [-0.05, 0) is 30.9 Å². The molecule has 5 nitrogen and oxygen atoms in total. The van der Waals surface area contributed by atoms with Crippen molar-refractivity contribution < 1.29 is 10.0 Å². The van der Waals surface area contributed by atoms with E-state index in [1.807, 2.05) is 4.90 Å². The number of hydrogen-bond donors (Lipinski definition) is 1. The van der Waals surface area contributed by atoms with E-state index in [4.69, 9.17) is 0 Å². The summed E-state index contributed by atoms with van der Waals surface area (Å²) in [5.74, 6) is 0.392. The van der Waals surface area contributed by atoms with Gasteiger partial charge in [0.1, 0.15) is 11.3 Å². The smallest absolute Gasteiger partial charge is 0.293 e. The molecule has 1 saturated carbocycles. The van der Waals surface area contributed by atoms with Crippen LogP contribution in [0.15, 0.2) is 22.7 Å². The van der Waals surface area contributed by atoms with Crippen LogP contribution < -0.4 is 4.90 Å². The Morgan fingerprint density at radius 3 is 2.67 bits per heavy atom. The minimum atomic E-state index is -0.624. The summed E-state index contributed by atoms with van der Waals surface area (Å²) in [5, 5.41) is 21.3. The molecule has 1 N–H and O–H groups in total. The topological polar surface area (TPSA) is 66.6 Å². The third-order valence-electron chi connectivity index (χ3n) is 3.74. The van der Waals surface area contributed by atoms with Crippen LogP contribution in [0.1, 0.15) is 12.8 Å². The minimum Gasteiger partial charge on any atom is -0.386 e. The molecule has 1 aliphatic heterocycles. The van der Waals surface area contributed by atoms with E-state index >= 15 is 0 Å². The molecule has 1 heterocycles. The average Bonchev–Trinajstić information content (AvgIpc) is 3.09. The van der Waals surface area contributed by atoms with Gasteiger partial charge < -0.3 is 10.0 Å². The molecule has 0 amide bonds. The molecular formula is C12H13BrN2O3. The van der Waals surface area contributed by atoms with Gasteiger partial charge >= 0.3 is 0 Å². The lowest BCUT2D eigenvalue weighted by Crippen LogP contribution is -2.63. The number of aliphatic hydroxyl groups is 1. The van der Waals surface area contributed by atoms with Crippen LogP contribution in [0.2, 0.25) is 0 Å². The maximum absolute atomic E-state index is 11.0. The number of benzene rings is 1. The number of β-amino-alcohol motifs (C(OH)–C–C–N with tert-alkyl or cyclic N) is 1. The standard InChI is InChI=1S/C12H13BrN2O3/c13-9-3-4-10(11(5-9)15(17)18)14-6-12(16,7-14)8-1-2-8/h3-5,8,16H,1-2,6-7H2. The Bertz CT molecular complexity index is 510. The van der Waals surface area contributed by atoms with Gasteiger partial charge in [0.15, 0.2) is 0 Å². The predicted molar refractivity (Wildman–Crippen MR) is 70.7 cm³/mol. The van der Waals surface area contributed by atoms with Crippen molar-refractivity contribution in [1.82, 2.24) is 0 Å². The lowest BCUT2D eigenvalue weighted by atomic mass is 9.88. The zero-order chi connectivity index (χ0) is 12.9. The van der Waals surface area contributed by atoms with Crippen molar-refractivity contribution >= 4 is 27.3 Å². The monoisotopic (exact) mass is 312 g/mol. The highest BCUT2D eigenvalue weighted by Gasteiger charge is 2.52. The number of anilines is 1. The van der Waals surface area contributed by atoms with Gasteiger partial charge in [0.05, 0.1) is 4.92 Å². The van der Waals surface area contributed by atoms with Crippen molar-refractivity contribution in [3.05, 3.63) is 32.8 Å². The van der Waals surface area contributed by atoms with Crippen LogP contribution in [-0.4, -0.2) is 28.7 Å². The molecule has 1 aromatic carbocycles. The highest BCUT2D eigenvalue weighted by Crippen LogP contribution is 2.47. The van der Waals surface area contributed by atoms with Gasteiger partial charge in [-0.15, -0.1) is 0 Å². The van der Waals surface area contributed by atoms with Gasteiger partial charge in [-0.3, -0.25) is 10.1 Å². The van der Waals surface area contributed by atoms with Gasteiger partial charge in [-0.1, -0.05) is 15.9 Å². The van der Waals surface area contributed by atoms with Crippen molar-refractivity contribution in [2.24, 2.45) is 5.92 Å². The van der Waals surface area contributed by atoms with Crippen molar-refractivity contribution in [3.8, 4) is 0 Å². The van der Waals surface area contributed by atoms with Crippen LogP contribution in [0.4, 0.5) is 11.4 Å². The molecule has 1 aromatic rings. The van der Waals surface area contributed by atoms with E-state index in [0.29, 0.717) is 29.2 Å². The molecule has 18 heavy (non-hydrogen) atoms. The third kappa shape index (κ3) is 1.89. The Hall–Kier alpha value is -1.14. The largest absolute Gasteiger partial charge is 0.386 e. The number of hydrogen-bond acceptors (Lipinski definition) is 4. The quantitative estimate of drug-likeness (QED) is 0.687. The first-order chi connectivity index (χ1) is 8.49. The van der Waals surface area contributed by atoms with Crippen LogP contribution in [0.3, 0.4) is 0 Å². The van der Waals surface area contributed by atoms with E-state index in [1.165, 1.54) is 6.07 Å². The Labute approximate surface area is 113 Å². The zero-order valence-corrected chi connectivity index (χ0v) is 11.3. The molecule has 0 bridgehead atoms. The summed E-state index contributed by atoms with van der Waals surface area (Å²) in [6.07, 6.45) is 2.15. The van der Waals surface area contributed by atoms with E-state index in [-0.39, 0.29) is 10.6 Å². The van der Waals surface area contributed by atoms with E-state index in [2.05, 4.69) is 15.9 Å². The number of nitro groups is 1. The second kappa shape index (κ2) is 3.93. The molecular weight excluding hydrogens is 300 g/mol. The zero-order valence-electron chi connectivity index (χ0n) is 9.67. The molecule has 2 aliphatic rings. The fourth-order valence-electron chi connectivity index (χ4n) is 2.57. The van der Waals surface area contributed by atoms with Crippen molar-refractivity contribution in [3.63, 3.8) is 0 Å². The molecule has 6 heteroatoms. The summed E-state index contributed by atoms with van der Waals surface area (Å²) < 4.78 is 0.691. The number of nitro benzene ring substituents is 1. The van der Waals surface area contributed by atoms with Crippen LogP contribution in [0.5, 0.6) is 0 Å². The SMILES string of the molecule is O=[N+]([O-])c1cc(Br)ccc1N1CC(O)(C2CC2)C1. The second-order valence-electron chi connectivity index (χ2n) is 5.12. The summed E-state index contributed by atoms with van der Waals surface area (Å²) in [6.45, 7) is 1.00. The van der Waals surface area contributed by atoms with E-state index in [0.717, 1.165) is 12.8 Å². The predicted octanol–water partition coefficient (Wildman–Crippen LogP) is 2.32. The Kier molecular flexibility index (Phi) is 2.60. The first-order valence-corrected chi connectivity index (χ1v) is 6.70. The normalized spacial score (nSPS) is 21.6. The number of halogens is 1. The first kappa shape index (κ1) is 11.9. The summed E-state index contributed by atoms with van der Waals surface area (Å²) in [4.78, 5) is 12.5. The molecule has 1 aliphatic carbocycles. The molecule has 1 saturated heterocycles. The highest BCUT2D eigenvalue weighted by molar-refractivity contribution is 9.10. The molecule has 0 atom stereocenters. The lowest BCUT2D eigenvalue weighted by molar-refractivity contribution is -0.384. The van der Waals surface area contributed by atoms with Gasteiger partial charge in [-0.25, -0.2) is 0 Å². The van der Waals surface area contributed by atoms with E-state index in [9.17, 15) is 15.2 Å². The van der Waals surface area contributed by atoms with E-state index < -0.39 is 5.60 Å². The third-order valence-corrected chi connectivity index (χ3v) is 4.23. The molecule has 0 aromatic heterocycles. The fourth-order valence-corrected chi connectivity index (χ4v) is 2.92. The second-order valence-corrected chi connectivity index (χ2v) is 6.04. The summed E-state index contributed by atoms with van der Waals surface area (Å²) in [7, 11) is 0. The molecule has 0 spiro atoms. The Morgan fingerprint density at radius 2 is 2.11 bits per heavy atom. The van der Waals surface area contributed by atoms with Crippen molar-refractivity contribution in [2.75, 3.05) is 18.0 Å². The molecule has 2 fully saturated rings. The van der Waals surface area contributed by atoms with Gasteiger partial charge in [0.25, 0.3) is 5.69 Å². The van der Waals surface area contributed by atoms with E-state index in [1.54, 1.807) is 12.1 Å². The Morgan fingerprint density at radius 1 is 1.44 bits per heavy atom. The van der Waals surface area contributed by atoms with Gasteiger partial charge in [-0.2, -0.15) is 0 Å². The summed E-state index contributed by atoms with van der Waals surface area (Å²) in [5.41, 5.74) is 0.0526. The van der Waals surface area contributed by atoms with Crippen LogP contribution >= 0.6 is 15.9 Å². The fraction of sp³-hybridized carbons (Fsp3) is 0.500. The molecule has 96 valence electrons. The van der Waals surface area contributed by atoms with Crippen LogP contribution in [-0.2, 0) is 0 Å². The van der Waals surface area contributed by atoms with Gasteiger partial charge in [0, 0.05) is 23.6 Å². The Balaban J connectivity index is 1.83. The maximum atomic E-state index is 11.0. The van der Waals surface area contributed by atoms with Crippen LogP contribution in [0, 0.1) is 16.0 Å².